The van der Waals surface area contributed by atoms with Crippen molar-refractivity contribution in [1.82, 2.24) is 0 Å². The summed E-state index contributed by atoms with van der Waals surface area (Å²) in [4.78, 5) is 47.8. The van der Waals surface area contributed by atoms with Crippen molar-refractivity contribution >= 4 is 40.1 Å². The fraction of sp³-hybridized carbons (Fsp3) is 0.294. The Labute approximate surface area is 163 Å². The predicted octanol–water partition coefficient (Wildman–Crippen LogP) is 1.35. The molecule has 0 aliphatic carbocycles. The van der Waals surface area contributed by atoms with Crippen LogP contribution in [-0.2, 0) is 19.0 Å². The Bertz CT molecular complexity index is 872. The van der Waals surface area contributed by atoms with Crippen molar-refractivity contribution in [3.63, 3.8) is 0 Å². The zero-order valence-electron chi connectivity index (χ0n) is 15.1. The van der Waals surface area contributed by atoms with E-state index in [-0.39, 0.29) is 40.0 Å². The molecule has 0 bridgehead atoms. The van der Waals surface area contributed by atoms with Crippen LogP contribution in [0.1, 0.15) is 36.1 Å². The minimum Gasteiger partial charge on any atom is -0.460 e. The molecule has 28 heavy (non-hydrogen) atoms. The average Bonchev–Trinajstić information content (AvgIpc) is 3.28. The van der Waals surface area contributed by atoms with E-state index in [2.05, 4.69) is 5.32 Å². The summed E-state index contributed by atoms with van der Waals surface area (Å²) >= 11 is 0.825. The maximum atomic E-state index is 12.3. The van der Waals surface area contributed by atoms with E-state index in [1.165, 1.54) is 32.4 Å². The first-order valence-corrected chi connectivity index (χ1v) is 8.76. The lowest BCUT2D eigenvalue weighted by Gasteiger charge is -2.08. The first kappa shape index (κ1) is 21.1. The molecule has 2 amide bonds. The quantitative estimate of drug-likeness (QED) is 0.465. The van der Waals surface area contributed by atoms with Gasteiger partial charge in [0.2, 0.25) is 5.76 Å². The third-order valence-electron chi connectivity index (χ3n) is 3.40. The van der Waals surface area contributed by atoms with Gasteiger partial charge in [0.15, 0.2) is 6.61 Å². The number of hydrogen-bond acceptors (Lipinski definition) is 9. The molecule has 3 N–H and O–H groups in total. The van der Waals surface area contributed by atoms with E-state index in [1.807, 2.05) is 0 Å². The molecule has 10 nitrogen and oxygen atoms in total. The molecular formula is C17H18N2O8S. The summed E-state index contributed by atoms with van der Waals surface area (Å²) in [6.07, 6.45) is 1.29. The minimum absolute atomic E-state index is 0.000569. The van der Waals surface area contributed by atoms with Crippen LogP contribution in [0.3, 0.4) is 0 Å². The molecule has 0 atom stereocenters. The number of thiophene rings is 1. The van der Waals surface area contributed by atoms with Crippen LogP contribution in [0.5, 0.6) is 0 Å². The van der Waals surface area contributed by atoms with Crippen molar-refractivity contribution in [3.05, 3.63) is 40.2 Å². The number of nitrogens with one attached hydrogen (secondary N) is 1. The van der Waals surface area contributed by atoms with Gasteiger partial charge in [-0.3, -0.25) is 9.59 Å². The number of ether oxygens (including phenoxy) is 3. The largest absolute Gasteiger partial charge is 0.460 e. The number of carbonyl (C=O) groups excluding carboxylic acids is 4. The van der Waals surface area contributed by atoms with Gasteiger partial charge in [-0.05, 0) is 24.6 Å². The molecule has 11 heteroatoms. The molecule has 0 saturated heterocycles. The van der Waals surface area contributed by atoms with Crippen LogP contribution in [0.25, 0.3) is 0 Å². The smallest absolute Gasteiger partial charge is 0.374 e. The lowest BCUT2D eigenvalue weighted by molar-refractivity contribution is -0.119. The number of rotatable bonds is 9. The summed E-state index contributed by atoms with van der Waals surface area (Å²) in [5, 5.41) is 2.49. The van der Waals surface area contributed by atoms with Crippen LogP contribution in [0, 0.1) is 6.92 Å². The molecule has 2 aromatic rings. The van der Waals surface area contributed by atoms with E-state index in [9.17, 15) is 19.2 Å². The number of nitrogens with two attached hydrogens (primary N) is 1. The number of carbonyl (C=O) groups is 4. The second kappa shape index (κ2) is 9.67. The van der Waals surface area contributed by atoms with Gasteiger partial charge in [0.25, 0.3) is 11.8 Å². The molecule has 0 unspecified atom stereocenters. The topological polar surface area (TPSA) is 147 Å². The highest BCUT2D eigenvalue weighted by molar-refractivity contribution is 7.18. The van der Waals surface area contributed by atoms with E-state index < -0.39 is 30.4 Å². The summed E-state index contributed by atoms with van der Waals surface area (Å²) in [5.74, 6) is -3.10. The number of esters is 2. The van der Waals surface area contributed by atoms with Gasteiger partial charge in [0.1, 0.15) is 11.6 Å². The second-order valence-electron chi connectivity index (χ2n) is 5.35. The number of amides is 2. The third-order valence-corrected chi connectivity index (χ3v) is 4.63. The van der Waals surface area contributed by atoms with Crippen LogP contribution < -0.4 is 11.1 Å². The standard InChI is InChI=1S/C17H18N2O8S/c1-9-12(17(23)26-7-6-24-2)15(28-13(9)14(18)21)19-11(20)8-27-16(22)10-4-3-5-25-10/h3-5H,6-8H2,1-2H3,(H2,18,21)(H,19,20). The molecule has 0 aliphatic rings. The van der Waals surface area contributed by atoms with Crippen molar-refractivity contribution in [3.8, 4) is 0 Å². The molecule has 2 aromatic heterocycles. The fourth-order valence-electron chi connectivity index (χ4n) is 2.13. The Kier molecular flexibility index (Phi) is 7.29. The minimum atomic E-state index is -0.820. The van der Waals surface area contributed by atoms with Crippen LogP contribution in [-0.4, -0.2) is 50.7 Å². The summed E-state index contributed by atoms with van der Waals surface area (Å²) in [6, 6.07) is 2.88. The first-order valence-electron chi connectivity index (χ1n) is 7.94. The van der Waals surface area contributed by atoms with Crippen LogP contribution in [0.15, 0.2) is 22.8 Å². The second-order valence-corrected chi connectivity index (χ2v) is 6.38. The molecule has 2 rings (SSSR count). The van der Waals surface area contributed by atoms with Gasteiger partial charge in [0.05, 0.1) is 23.3 Å². The highest BCUT2D eigenvalue weighted by Gasteiger charge is 2.26. The van der Waals surface area contributed by atoms with Gasteiger partial charge in [-0.25, -0.2) is 9.59 Å². The molecule has 0 aliphatic heterocycles. The maximum Gasteiger partial charge on any atom is 0.374 e. The Morgan fingerprint density at radius 2 is 1.93 bits per heavy atom. The Balaban J connectivity index is 2.11. The van der Waals surface area contributed by atoms with Gasteiger partial charge >= 0.3 is 11.9 Å². The van der Waals surface area contributed by atoms with Gasteiger partial charge in [-0.1, -0.05) is 0 Å². The highest BCUT2D eigenvalue weighted by Crippen LogP contribution is 2.33. The summed E-state index contributed by atoms with van der Waals surface area (Å²) in [7, 11) is 1.45. The number of methoxy groups -OCH3 is 1. The van der Waals surface area contributed by atoms with Gasteiger partial charge in [0, 0.05) is 7.11 Å². The van der Waals surface area contributed by atoms with Gasteiger partial charge in [-0.15, -0.1) is 11.3 Å². The zero-order chi connectivity index (χ0) is 20.7. The van der Waals surface area contributed by atoms with Crippen molar-refractivity contribution in [2.24, 2.45) is 5.73 Å². The van der Waals surface area contributed by atoms with E-state index in [1.54, 1.807) is 0 Å². The SMILES string of the molecule is COCCOC(=O)c1c(NC(=O)COC(=O)c2ccco2)sc(C(N)=O)c1C. The van der Waals surface area contributed by atoms with Crippen molar-refractivity contribution in [1.29, 1.82) is 0 Å². The van der Waals surface area contributed by atoms with E-state index in [0.717, 1.165) is 11.3 Å². The molecule has 2 heterocycles. The number of hydrogen-bond donors (Lipinski definition) is 2. The summed E-state index contributed by atoms with van der Waals surface area (Å²) in [6.45, 7) is 1.06. The molecule has 0 aromatic carbocycles. The number of primary amides is 1. The number of furan rings is 1. The van der Waals surface area contributed by atoms with Crippen LogP contribution in [0.4, 0.5) is 5.00 Å². The molecule has 0 fully saturated rings. The van der Waals surface area contributed by atoms with Crippen molar-refractivity contribution in [2.45, 2.75) is 6.92 Å². The lowest BCUT2D eigenvalue weighted by atomic mass is 10.1. The normalized spacial score (nSPS) is 10.4. The Morgan fingerprint density at radius 1 is 1.18 bits per heavy atom. The fourth-order valence-corrected chi connectivity index (χ4v) is 3.20. The summed E-state index contributed by atoms with van der Waals surface area (Å²) in [5.41, 5.74) is 5.59. The van der Waals surface area contributed by atoms with E-state index >= 15 is 0 Å². The van der Waals surface area contributed by atoms with Gasteiger partial charge < -0.3 is 29.7 Å². The Hall–Kier alpha value is -3.18. The van der Waals surface area contributed by atoms with Crippen molar-refractivity contribution < 1.29 is 37.8 Å². The average molecular weight is 410 g/mol. The molecule has 0 saturated carbocycles. The molecule has 0 spiro atoms. The zero-order valence-corrected chi connectivity index (χ0v) is 15.9. The van der Waals surface area contributed by atoms with E-state index in [4.69, 9.17) is 24.4 Å². The third kappa shape index (κ3) is 5.18. The number of anilines is 1. The molecule has 0 radical (unpaired) electrons. The van der Waals surface area contributed by atoms with Crippen LogP contribution in [0.2, 0.25) is 0 Å². The maximum absolute atomic E-state index is 12.3. The Morgan fingerprint density at radius 3 is 2.54 bits per heavy atom. The molecular weight excluding hydrogens is 392 g/mol. The monoisotopic (exact) mass is 410 g/mol. The van der Waals surface area contributed by atoms with Crippen LogP contribution >= 0.6 is 11.3 Å². The predicted molar refractivity (Wildman–Crippen MR) is 97.4 cm³/mol. The van der Waals surface area contributed by atoms with Crippen molar-refractivity contribution in [2.75, 3.05) is 32.2 Å². The van der Waals surface area contributed by atoms with E-state index in [0.29, 0.717) is 0 Å². The highest BCUT2D eigenvalue weighted by atomic mass is 32.1. The summed E-state index contributed by atoms with van der Waals surface area (Å²) < 4.78 is 19.5. The van der Waals surface area contributed by atoms with Gasteiger partial charge in [-0.2, -0.15) is 0 Å². The lowest BCUT2D eigenvalue weighted by Crippen LogP contribution is -2.22. The molecule has 150 valence electrons. The first-order chi connectivity index (χ1) is 13.3.